The number of aliphatic hydroxyl groups is 3. The number of fused-ring (bicyclic) bond motifs is 1. The van der Waals surface area contributed by atoms with E-state index in [2.05, 4.69) is 15.3 Å². The molecule has 0 amide bonds. The van der Waals surface area contributed by atoms with Crippen molar-refractivity contribution in [3.8, 4) is 0 Å². The number of ether oxygens (including phenoxy) is 1. The Morgan fingerprint density at radius 1 is 1.45 bits per heavy atom. The lowest BCUT2D eigenvalue weighted by atomic mass is 10.1. The van der Waals surface area contributed by atoms with Crippen molar-refractivity contribution in [1.29, 1.82) is 0 Å². The van der Waals surface area contributed by atoms with Crippen molar-refractivity contribution >= 4 is 23.4 Å². The third kappa shape index (κ3) is 1.95. The van der Waals surface area contributed by atoms with Crippen molar-refractivity contribution < 1.29 is 20.1 Å². The van der Waals surface area contributed by atoms with Gasteiger partial charge < -0.3 is 31.1 Å². The summed E-state index contributed by atoms with van der Waals surface area (Å²) < 4.78 is 6.89. The van der Waals surface area contributed by atoms with Gasteiger partial charge in [0.2, 0.25) is 0 Å². The van der Waals surface area contributed by atoms with Crippen molar-refractivity contribution in [2.75, 3.05) is 11.9 Å². The zero-order valence-electron chi connectivity index (χ0n) is 10.2. The van der Waals surface area contributed by atoms with Crippen LogP contribution >= 0.6 is 11.6 Å². The van der Waals surface area contributed by atoms with Gasteiger partial charge in [-0.3, -0.25) is 4.57 Å². The fourth-order valence-electron chi connectivity index (χ4n) is 2.32. The SMILES string of the molecule is NC1=N[C@H](Cl)c2ncn([C@@H]3O[C@@H](CO)[C@H](O)[C@@H]3O)c2N1. The predicted molar refractivity (Wildman–Crippen MR) is 69.1 cm³/mol. The number of imidazole rings is 1. The van der Waals surface area contributed by atoms with Crippen LogP contribution in [0.15, 0.2) is 11.3 Å². The molecule has 3 heterocycles. The largest absolute Gasteiger partial charge is 0.394 e. The van der Waals surface area contributed by atoms with E-state index in [9.17, 15) is 10.2 Å². The summed E-state index contributed by atoms with van der Waals surface area (Å²) in [6.45, 7) is -0.402. The van der Waals surface area contributed by atoms with Crippen LogP contribution in [0.2, 0.25) is 0 Å². The molecule has 0 saturated carbocycles. The van der Waals surface area contributed by atoms with Gasteiger partial charge in [0.1, 0.15) is 29.8 Å². The molecule has 0 aromatic carbocycles. The average molecular weight is 304 g/mol. The Labute approximate surface area is 118 Å². The summed E-state index contributed by atoms with van der Waals surface area (Å²) in [5.41, 5.74) is 5.31. The molecule has 3 rings (SSSR count). The molecule has 1 fully saturated rings. The predicted octanol–water partition coefficient (Wildman–Crippen LogP) is -1.53. The fourth-order valence-corrected chi connectivity index (χ4v) is 2.58. The van der Waals surface area contributed by atoms with E-state index >= 15 is 0 Å². The molecule has 0 spiro atoms. The van der Waals surface area contributed by atoms with Crippen molar-refractivity contribution in [1.82, 2.24) is 9.55 Å². The number of alkyl halides is 1. The standard InChI is InChI=1S/C10H14ClN5O4/c11-7-4-8(15-10(12)14-7)16(2-13-4)9-6(19)5(18)3(1-17)20-9/h2-3,5-7,9,17-19H,1H2,(H3,12,14,15)/t3-,5-,6-,7-,9+/m0/s1. The number of hydrogen-bond donors (Lipinski definition) is 5. The molecule has 0 bridgehead atoms. The van der Waals surface area contributed by atoms with Gasteiger partial charge in [0.15, 0.2) is 17.7 Å². The lowest BCUT2D eigenvalue weighted by Crippen LogP contribution is -2.34. The zero-order chi connectivity index (χ0) is 14.4. The second kappa shape index (κ2) is 4.86. The molecule has 110 valence electrons. The summed E-state index contributed by atoms with van der Waals surface area (Å²) in [5, 5.41) is 31.7. The Morgan fingerprint density at radius 2 is 2.20 bits per heavy atom. The Kier molecular flexibility index (Phi) is 3.30. The average Bonchev–Trinajstić information content (AvgIpc) is 2.93. The Morgan fingerprint density at radius 3 is 2.85 bits per heavy atom. The van der Waals surface area contributed by atoms with Crippen LogP contribution in [0, 0.1) is 0 Å². The molecule has 1 aromatic heterocycles. The maximum Gasteiger partial charge on any atom is 0.196 e. The highest BCUT2D eigenvalue weighted by Gasteiger charge is 2.44. The van der Waals surface area contributed by atoms with Crippen molar-refractivity contribution in [2.45, 2.75) is 30.0 Å². The summed E-state index contributed by atoms with van der Waals surface area (Å²) in [6, 6.07) is 0. The number of guanidine groups is 1. The van der Waals surface area contributed by atoms with Crippen LogP contribution < -0.4 is 11.1 Å². The van der Waals surface area contributed by atoms with Crippen molar-refractivity contribution in [2.24, 2.45) is 10.7 Å². The summed E-state index contributed by atoms with van der Waals surface area (Å²) in [7, 11) is 0. The van der Waals surface area contributed by atoms with E-state index in [4.69, 9.17) is 27.2 Å². The smallest absolute Gasteiger partial charge is 0.196 e. The van der Waals surface area contributed by atoms with Gasteiger partial charge in [-0.2, -0.15) is 0 Å². The number of nitrogens with zero attached hydrogens (tertiary/aromatic N) is 3. The van der Waals surface area contributed by atoms with Gasteiger partial charge in [-0.15, -0.1) is 0 Å². The molecule has 20 heavy (non-hydrogen) atoms. The highest BCUT2D eigenvalue weighted by atomic mass is 35.5. The summed E-state index contributed by atoms with van der Waals surface area (Å²) in [5.74, 6) is 0.554. The summed E-state index contributed by atoms with van der Waals surface area (Å²) in [6.07, 6.45) is -2.76. The minimum Gasteiger partial charge on any atom is -0.394 e. The van der Waals surface area contributed by atoms with Gasteiger partial charge in [-0.25, -0.2) is 9.98 Å². The van der Waals surface area contributed by atoms with E-state index in [-0.39, 0.29) is 5.96 Å². The second-order valence-corrected chi connectivity index (χ2v) is 5.00. The minimum atomic E-state index is -1.21. The van der Waals surface area contributed by atoms with Gasteiger partial charge in [0, 0.05) is 0 Å². The lowest BCUT2D eigenvalue weighted by Gasteiger charge is -2.22. The monoisotopic (exact) mass is 303 g/mol. The molecular formula is C10H14ClN5O4. The van der Waals surface area contributed by atoms with Crippen LogP contribution in [0.3, 0.4) is 0 Å². The first kappa shape index (κ1) is 13.6. The molecule has 9 nitrogen and oxygen atoms in total. The molecule has 2 aliphatic rings. The van der Waals surface area contributed by atoms with Gasteiger partial charge in [0.25, 0.3) is 0 Å². The lowest BCUT2D eigenvalue weighted by molar-refractivity contribution is -0.0518. The van der Waals surface area contributed by atoms with Gasteiger partial charge in [0.05, 0.1) is 12.9 Å². The van der Waals surface area contributed by atoms with E-state index < -0.39 is 36.6 Å². The number of halogens is 1. The number of hydrogen-bond acceptors (Lipinski definition) is 8. The van der Waals surface area contributed by atoms with Gasteiger partial charge in [-0.1, -0.05) is 11.6 Å². The maximum atomic E-state index is 10.0. The number of nitrogens with two attached hydrogens (primary N) is 1. The molecule has 6 N–H and O–H groups in total. The van der Waals surface area contributed by atoms with Crippen molar-refractivity contribution in [3.63, 3.8) is 0 Å². The molecule has 10 heteroatoms. The van der Waals surface area contributed by atoms with E-state index in [1.165, 1.54) is 10.9 Å². The molecule has 2 aliphatic heterocycles. The molecule has 0 radical (unpaired) electrons. The number of aromatic nitrogens is 2. The molecule has 1 saturated heterocycles. The number of nitrogens with one attached hydrogen (secondary N) is 1. The third-order valence-electron chi connectivity index (χ3n) is 3.34. The Hall–Kier alpha value is -1.39. The molecule has 5 atom stereocenters. The number of aliphatic hydroxyl groups excluding tert-OH is 3. The fraction of sp³-hybridized carbons (Fsp3) is 0.600. The molecule has 1 aromatic rings. The minimum absolute atomic E-state index is 0.117. The third-order valence-corrected chi connectivity index (χ3v) is 3.64. The quantitative estimate of drug-likeness (QED) is 0.330. The van der Waals surface area contributed by atoms with Crippen LogP contribution in [0.5, 0.6) is 0 Å². The van der Waals surface area contributed by atoms with E-state index in [1.54, 1.807) is 0 Å². The molecule has 0 aliphatic carbocycles. The Balaban J connectivity index is 1.94. The van der Waals surface area contributed by atoms with E-state index in [0.29, 0.717) is 11.5 Å². The maximum absolute atomic E-state index is 10.0. The van der Waals surface area contributed by atoms with E-state index in [1.807, 2.05) is 0 Å². The topological polar surface area (TPSA) is 138 Å². The first-order valence-corrected chi connectivity index (χ1v) is 6.40. The highest BCUT2D eigenvalue weighted by molar-refractivity contribution is 6.22. The van der Waals surface area contributed by atoms with Crippen LogP contribution in [0.4, 0.5) is 5.82 Å². The van der Waals surface area contributed by atoms with Crippen LogP contribution in [-0.2, 0) is 4.74 Å². The second-order valence-electron chi connectivity index (χ2n) is 4.59. The van der Waals surface area contributed by atoms with Gasteiger partial charge >= 0.3 is 0 Å². The van der Waals surface area contributed by atoms with Crippen molar-refractivity contribution in [3.05, 3.63) is 12.0 Å². The Bertz CT molecular complexity index is 550. The molecule has 0 unspecified atom stereocenters. The number of rotatable bonds is 2. The summed E-state index contributed by atoms with van der Waals surface area (Å²) >= 11 is 6.01. The molecular weight excluding hydrogens is 290 g/mol. The first-order chi connectivity index (χ1) is 9.52. The van der Waals surface area contributed by atoms with Crippen LogP contribution in [-0.4, -0.2) is 55.7 Å². The number of aliphatic imine (C=N–C) groups is 1. The van der Waals surface area contributed by atoms with Crippen LogP contribution in [0.1, 0.15) is 17.4 Å². The normalized spacial score (nSPS) is 36.4. The van der Waals surface area contributed by atoms with Crippen LogP contribution in [0.25, 0.3) is 0 Å². The van der Waals surface area contributed by atoms with Gasteiger partial charge in [-0.05, 0) is 0 Å². The van der Waals surface area contributed by atoms with E-state index in [0.717, 1.165) is 0 Å². The highest BCUT2D eigenvalue weighted by Crippen LogP contribution is 2.37. The first-order valence-electron chi connectivity index (χ1n) is 5.96. The zero-order valence-corrected chi connectivity index (χ0v) is 11.0. The number of anilines is 1. The summed E-state index contributed by atoms with van der Waals surface area (Å²) in [4.78, 5) is 8.01.